The third kappa shape index (κ3) is 4.99. The van der Waals surface area contributed by atoms with Gasteiger partial charge in [-0.3, -0.25) is 9.36 Å². The average molecular weight is 507 g/mol. The molecule has 2 aromatic carbocycles. The minimum absolute atomic E-state index is 0.170. The minimum Gasteiger partial charge on any atom is -0.490 e. The quantitative estimate of drug-likeness (QED) is 0.427. The molecule has 1 aliphatic heterocycles. The van der Waals surface area contributed by atoms with Crippen molar-refractivity contribution >= 4 is 28.6 Å². The van der Waals surface area contributed by atoms with Gasteiger partial charge >= 0.3 is 5.97 Å². The second-order valence-corrected chi connectivity index (χ2v) is 9.50. The molecule has 0 spiro atoms. The summed E-state index contributed by atoms with van der Waals surface area (Å²) in [6.07, 6.45) is 0. The maximum atomic E-state index is 13.1. The lowest BCUT2D eigenvalue weighted by molar-refractivity contribution is -0.138. The first-order valence-corrected chi connectivity index (χ1v) is 12.8. The van der Waals surface area contributed by atoms with Crippen LogP contribution < -0.4 is 24.4 Å². The van der Waals surface area contributed by atoms with E-state index in [1.54, 1.807) is 13.8 Å². The molecule has 0 amide bonds. The molecule has 0 radical (unpaired) electrons. The van der Waals surface area contributed by atoms with Crippen molar-refractivity contribution in [1.82, 2.24) is 4.57 Å². The van der Waals surface area contributed by atoms with Gasteiger partial charge in [-0.25, -0.2) is 9.79 Å². The highest BCUT2D eigenvalue weighted by Crippen LogP contribution is 2.37. The first kappa shape index (κ1) is 25.4. The molecule has 0 saturated heterocycles. The Balaban J connectivity index is 1.81. The summed E-state index contributed by atoms with van der Waals surface area (Å²) < 4.78 is 19.4. The summed E-state index contributed by atoms with van der Waals surface area (Å²) >= 11 is 1.33. The largest absolute Gasteiger partial charge is 0.490 e. The molecule has 188 valence electrons. The van der Waals surface area contributed by atoms with Gasteiger partial charge in [0, 0.05) is 5.70 Å². The highest BCUT2D eigenvalue weighted by atomic mass is 32.1. The Bertz CT molecular complexity index is 1480. The fourth-order valence-corrected chi connectivity index (χ4v) is 5.12. The van der Waals surface area contributed by atoms with Gasteiger partial charge in [0.1, 0.15) is 12.6 Å². The number of benzene rings is 2. The topological polar surface area (TPSA) is 79.1 Å². The van der Waals surface area contributed by atoms with E-state index in [1.165, 1.54) is 15.9 Å². The van der Waals surface area contributed by atoms with Crippen molar-refractivity contribution in [3.8, 4) is 11.5 Å². The molecule has 1 aliphatic rings. The summed E-state index contributed by atoms with van der Waals surface area (Å²) in [5.41, 5.74) is 3.39. The van der Waals surface area contributed by atoms with Gasteiger partial charge in [0.25, 0.3) is 5.56 Å². The number of ether oxygens (including phenoxy) is 3. The molecule has 0 bridgehead atoms. The second kappa shape index (κ2) is 11.0. The molecule has 0 saturated carbocycles. The first-order valence-electron chi connectivity index (χ1n) is 11.9. The van der Waals surface area contributed by atoms with Crippen LogP contribution in [0, 0.1) is 0 Å². The summed E-state index contributed by atoms with van der Waals surface area (Å²) in [6, 6.07) is 14.8. The monoisotopic (exact) mass is 506 g/mol. The number of fused-ring (bicyclic) bond motifs is 1. The number of rotatable bonds is 8. The molecule has 4 rings (SSSR count). The number of esters is 1. The molecule has 0 N–H and O–H groups in total. The maximum Gasteiger partial charge on any atom is 0.338 e. The van der Waals surface area contributed by atoms with Crippen LogP contribution in [0.4, 0.5) is 0 Å². The highest BCUT2D eigenvalue weighted by Gasteiger charge is 2.32. The van der Waals surface area contributed by atoms with E-state index >= 15 is 0 Å². The molecular weight excluding hydrogens is 476 g/mol. The number of hydrogen-bond donors (Lipinski definition) is 0. The zero-order valence-corrected chi connectivity index (χ0v) is 22.0. The van der Waals surface area contributed by atoms with Crippen molar-refractivity contribution in [2.75, 3.05) is 13.2 Å². The van der Waals surface area contributed by atoms with Crippen LogP contribution in [0.25, 0.3) is 11.3 Å². The fourth-order valence-electron chi connectivity index (χ4n) is 4.09. The molecule has 2 heterocycles. The lowest BCUT2D eigenvalue weighted by atomic mass is 9.96. The van der Waals surface area contributed by atoms with E-state index in [0.29, 0.717) is 45.3 Å². The predicted molar refractivity (Wildman–Crippen MR) is 141 cm³/mol. The van der Waals surface area contributed by atoms with Gasteiger partial charge in [0.15, 0.2) is 16.3 Å². The predicted octanol–water partition coefficient (Wildman–Crippen LogP) is 4.25. The number of hydrogen-bond acceptors (Lipinski definition) is 7. The Kier molecular flexibility index (Phi) is 7.74. The van der Waals surface area contributed by atoms with E-state index in [9.17, 15) is 9.59 Å². The van der Waals surface area contributed by atoms with Gasteiger partial charge in [-0.1, -0.05) is 53.3 Å². The zero-order valence-electron chi connectivity index (χ0n) is 21.2. The van der Waals surface area contributed by atoms with E-state index in [0.717, 1.165) is 16.7 Å². The van der Waals surface area contributed by atoms with Crippen molar-refractivity contribution in [2.45, 2.75) is 47.3 Å². The van der Waals surface area contributed by atoms with Gasteiger partial charge in [-0.05, 0) is 57.9 Å². The third-order valence-corrected chi connectivity index (χ3v) is 7.05. The summed E-state index contributed by atoms with van der Waals surface area (Å²) in [5.74, 6) is 0.674. The second-order valence-electron chi connectivity index (χ2n) is 8.52. The number of aromatic nitrogens is 1. The van der Waals surface area contributed by atoms with Crippen LogP contribution in [-0.4, -0.2) is 23.8 Å². The number of thiazole rings is 1. The summed E-state index contributed by atoms with van der Waals surface area (Å²) in [7, 11) is 0. The Hall–Kier alpha value is -3.65. The van der Waals surface area contributed by atoms with Crippen molar-refractivity contribution in [3.63, 3.8) is 0 Å². The molecule has 0 unspecified atom stereocenters. The van der Waals surface area contributed by atoms with Gasteiger partial charge in [0.05, 0.1) is 23.3 Å². The Morgan fingerprint density at radius 1 is 1.03 bits per heavy atom. The fraction of sp³-hybridized carbons (Fsp3) is 0.321. The number of carbonyl (C=O) groups is 1. The standard InChI is InChI=1S/C28H30N2O5S/c1-6-33-22-15-20(13-14-21(22)35-16-19-11-9-8-10-12-19)24-23(27(32)34-7-2)18(5)30-26(31)25(17(3)4)36-28(30)29-24/h8-15,24H,6-7,16H2,1-5H3/t24-/m0/s1. The smallest absolute Gasteiger partial charge is 0.338 e. The zero-order chi connectivity index (χ0) is 25.8. The Labute approximate surface area is 214 Å². The maximum absolute atomic E-state index is 13.1. The normalized spacial score (nSPS) is 14.6. The molecule has 3 aromatic rings. The van der Waals surface area contributed by atoms with Crippen molar-refractivity contribution in [2.24, 2.45) is 4.99 Å². The van der Waals surface area contributed by atoms with E-state index in [2.05, 4.69) is 0 Å². The van der Waals surface area contributed by atoms with Crippen LogP contribution in [0.2, 0.25) is 0 Å². The van der Waals surface area contributed by atoms with Crippen molar-refractivity contribution in [1.29, 1.82) is 0 Å². The van der Waals surface area contributed by atoms with Crippen LogP contribution in [0.3, 0.4) is 0 Å². The highest BCUT2D eigenvalue weighted by molar-refractivity contribution is 7.07. The Morgan fingerprint density at radius 3 is 2.44 bits per heavy atom. The van der Waals surface area contributed by atoms with E-state index in [4.69, 9.17) is 19.2 Å². The molecule has 36 heavy (non-hydrogen) atoms. The van der Waals surface area contributed by atoms with E-state index < -0.39 is 12.0 Å². The lowest BCUT2D eigenvalue weighted by Gasteiger charge is -2.23. The molecule has 1 atom stereocenters. The molecular formula is C28H30N2O5S. The van der Waals surface area contributed by atoms with Crippen molar-refractivity contribution < 1.29 is 19.0 Å². The third-order valence-electron chi connectivity index (χ3n) is 5.79. The molecule has 1 aromatic heterocycles. The first-order chi connectivity index (χ1) is 17.3. The SMILES string of the molecule is CCOC(=O)C1=C(C)n2c(sc(=C(C)C)c2=O)=N[C@H]1c1ccc(OCc2ccccc2)c(OCC)c1. The van der Waals surface area contributed by atoms with Crippen LogP contribution in [0.5, 0.6) is 11.5 Å². The van der Waals surface area contributed by atoms with Gasteiger partial charge in [-0.2, -0.15) is 0 Å². The van der Waals surface area contributed by atoms with Crippen LogP contribution in [0.15, 0.2) is 63.9 Å². The van der Waals surface area contributed by atoms with Crippen LogP contribution in [-0.2, 0) is 16.1 Å². The molecule has 0 fully saturated rings. The minimum atomic E-state index is -0.644. The van der Waals surface area contributed by atoms with Gasteiger partial charge in [0.2, 0.25) is 0 Å². The van der Waals surface area contributed by atoms with Crippen LogP contribution in [0.1, 0.15) is 51.8 Å². The average Bonchev–Trinajstić information content (AvgIpc) is 3.21. The number of nitrogens with zero attached hydrogens (tertiary/aromatic N) is 2. The summed E-state index contributed by atoms with van der Waals surface area (Å²) in [5, 5.41) is 0. The number of allylic oxidation sites excluding steroid dienone is 1. The number of carbonyl (C=O) groups excluding carboxylic acids is 1. The molecule has 0 aliphatic carbocycles. The summed E-state index contributed by atoms with van der Waals surface area (Å²) in [4.78, 5) is 31.6. The van der Waals surface area contributed by atoms with Gasteiger partial charge in [-0.15, -0.1) is 0 Å². The Morgan fingerprint density at radius 2 is 1.78 bits per heavy atom. The van der Waals surface area contributed by atoms with E-state index in [1.807, 2.05) is 69.3 Å². The lowest BCUT2D eigenvalue weighted by Crippen LogP contribution is -2.35. The van der Waals surface area contributed by atoms with E-state index in [-0.39, 0.29) is 12.2 Å². The van der Waals surface area contributed by atoms with Gasteiger partial charge < -0.3 is 14.2 Å². The van der Waals surface area contributed by atoms with Crippen LogP contribution >= 0.6 is 11.3 Å². The molecule has 7 nitrogen and oxygen atoms in total. The van der Waals surface area contributed by atoms with Crippen molar-refractivity contribution in [3.05, 3.63) is 84.9 Å². The molecule has 8 heteroatoms. The summed E-state index contributed by atoms with van der Waals surface area (Å²) in [6.45, 7) is 10.3.